The lowest BCUT2D eigenvalue weighted by Crippen LogP contribution is -2.11. The Morgan fingerprint density at radius 1 is 1.12 bits per heavy atom. The van der Waals surface area contributed by atoms with Crippen LogP contribution in [0.4, 0.5) is 4.39 Å². The van der Waals surface area contributed by atoms with E-state index < -0.39 is 11.9 Å². The Bertz CT molecular complexity index is 968. The average Bonchev–Trinajstić information content (AvgIpc) is 2.59. The van der Waals surface area contributed by atoms with Gasteiger partial charge in [0.05, 0.1) is 16.8 Å². The van der Waals surface area contributed by atoms with Crippen molar-refractivity contribution in [1.29, 1.82) is 0 Å². The number of pyridine rings is 1. The fraction of sp³-hybridized carbons (Fsp3) is 0.105. The van der Waals surface area contributed by atoms with E-state index in [1.807, 2.05) is 0 Å². The molecule has 2 aromatic carbocycles. The molecule has 25 heavy (non-hydrogen) atoms. The number of hydrogen-bond acceptors (Lipinski definition) is 4. The molecule has 0 saturated carbocycles. The Labute approximate surface area is 143 Å². The van der Waals surface area contributed by atoms with E-state index in [1.165, 1.54) is 12.1 Å². The molecule has 1 aromatic heterocycles. The maximum Gasteiger partial charge on any atom is 0.340 e. The van der Waals surface area contributed by atoms with Gasteiger partial charge in [0, 0.05) is 17.0 Å². The first kappa shape index (κ1) is 16.6. The molecule has 2 N–H and O–H groups in total. The van der Waals surface area contributed by atoms with Crippen LogP contribution in [0.1, 0.15) is 32.0 Å². The molecule has 0 bridgehead atoms. The van der Waals surface area contributed by atoms with E-state index in [4.69, 9.17) is 10.5 Å². The second kappa shape index (κ2) is 6.68. The van der Waals surface area contributed by atoms with Crippen molar-refractivity contribution in [2.24, 2.45) is 5.73 Å². The number of fused-ring (bicyclic) bond motifs is 1. The van der Waals surface area contributed by atoms with Gasteiger partial charge in [0.2, 0.25) is 5.91 Å². The van der Waals surface area contributed by atoms with Crippen LogP contribution in [0.25, 0.3) is 10.9 Å². The summed E-state index contributed by atoms with van der Waals surface area (Å²) in [6.45, 7) is 1.72. The van der Waals surface area contributed by atoms with Crippen LogP contribution in [-0.2, 0) is 11.3 Å². The number of benzene rings is 2. The zero-order valence-electron chi connectivity index (χ0n) is 13.5. The molecule has 0 saturated heterocycles. The van der Waals surface area contributed by atoms with Gasteiger partial charge in [0.15, 0.2) is 0 Å². The summed E-state index contributed by atoms with van der Waals surface area (Å²) in [4.78, 5) is 27.6. The van der Waals surface area contributed by atoms with E-state index >= 15 is 0 Å². The largest absolute Gasteiger partial charge is 0.457 e. The summed E-state index contributed by atoms with van der Waals surface area (Å²) in [5, 5.41) is 0.657. The fourth-order valence-electron chi connectivity index (χ4n) is 2.44. The molecule has 0 aliphatic heterocycles. The van der Waals surface area contributed by atoms with Gasteiger partial charge in [0.25, 0.3) is 0 Å². The molecular formula is C19H15FN2O3. The minimum atomic E-state index is -0.518. The van der Waals surface area contributed by atoms with Gasteiger partial charge in [-0.25, -0.2) is 9.18 Å². The molecule has 3 aromatic rings. The molecular weight excluding hydrogens is 323 g/mol. The predicted octanol–water partition coefficient (Wildman–Crippen LogP) is 3.14. The summed E-state index contributed by atoms with van der Waals surface area (Å²) in [5.74, 6) is -1.41. The number of aryl methyl sites for hydroxylation is 1. The number of carbonyl (C=O) groups is 2. The van der Waals surface area contributed by atoms with Crippen molar-refractivity contribution in [3.05, 3.63) is 76.7 Å². The van der Waals surface area contributed by atoms with Crippen LogP contribution in [0.15, 0.2) is 48.5 Å². The molecule has 1 amide bonds. The van der Waals surface area contributed by atoms with E-state index in [9.17, 15) is 14.0 Å². The smallest absolute Gasteiger partial charge is 0.340 e. The normalized spacial score (nSPS) is 10.6. The Morgan fingerprint density at radius 3 is 2.52 bits per heavy atom. The molecule has 126 valence electrons. The molecule has 0 radical (unpaired) electrons. The van der Waals surface area contributed by atoms with E-state index in [2.05, 4.69) is 4.98 Å². The summed E-state index contributed by atoms with van der Waals surface area (Å²) in [6, 6.07) is 12.3. The van der Waals surface area contributed by atoms with Crippen molar-refractivity contribution in [2.45, 2.75) is 13.5 Å². The summed E-state index contributed by atoms with van der Waals surface area (Å²) in [6.07, 6.45) is 0. The van der Waals surface area contributed by atoms with Gasteiger partial charge >= 0.3 is 5.97 Å². The summed E-state index contributed by atoms with van der Waals surface area (Å²) in [7, 11) is 0. The Balaban J connectivity index is 1.76. The predicted molar refractivity (Wildman–Crippen MR) is 90.5 cm³/mol. The number of nitrogens with zero attached hydrogens (tertiary/aromatic N) is 1. The molecule has 0 aliphatic rings. The lowest BCUT2D eigenvalue weighted by molar-refractivity contribution is 0.0471. The molecule has 3 rings (SSSR count). The minimum absolute atomic E-state index is 0.0543. The number of esters is 1. The standard InChI is InChI=1S/C19H15FN2O3/c1-11-16(8-14-6-7-15(20)9-17(14)22-11)19(24)25-10-12-2-4-13(5-3-12)18(21)23/h2-9H,10H2,1H3,(H2,21,23). The van der Waals surface area contributed by atoms with Gasteiger partial charge in [-0.15, -0.1) is 0 Å². The number of primary amides is 1. The van der Waals surface area contributed by atoms with E-state index in [-0.39, 0.29) is 12.4 Å². The van der Waals surface area contributed by atoms with Gasteiger partial charge in [-0.2, -0.15) is 0 Å². The highest BCUT2D eigenvalue weighted by Gasteiger charge is 2.14. The molecule has 0 atom stereocenters. The SMILES string of the molecule is Cc1nc2cc(F)ccc2cc1C(=O)OCc1ccc(C(N)=O)cc1. The first-order valence-electron chi connectivity index (χ1n) is 7.57. The zero-order valence-corrected chi connectivity index (χ0v) is 13.5. The highest BCUT2D eigenvalue weighted by molar-refractivity contribution is 5.95. The maximum absolute atomic E-state index is 13.3. The third-order valence-electron chi connectivity index (χ3n) is 3.80. The Morgan fingerprint density at radius 2 is 1.84 bits per heavy atom. The van der Waals surface area contributed by atoms with Gasteiger partial charge in [-0.05, 0) is 42.8 Å². The fourth-order valence-corrected chi connectivity index (χ4v) is 2.44. The maximum atomic E-state index is 13.3. The summed E-state index contributed by atoms with van der Waals surface area (Å²) >= 11 is 0. The molecule has 0 unspecified atom stereocenters. The number of ether oxygens (including phenoxy) is 1. The third kappa shape index (κ3) is 3.63. The molecule has 1 heterocycles. The van der Waals surface area contributed by atoms with Gasteiger partial charge in [0.1, 0.15) is 12.4 Å². The second-order valence-corrected chi connectivity index (χ2v) is 5.60. The average molecular weight is 338 g/mol. The van der Waals surface area contributed by atoms with Crippen LogP contribution in [0.5, 0.6) is 0 Å². The van der Waals surface area contributed by atoms with Crippen molar-refractivity contribution in [1.82, 2.24) is 4.98 Å². The van der Waals surface area contributed by atoms with Gasteiger partial charge in [-0.1, -0.05) is 12.1 Å². The Kier molecular flexibility index (Phi) is 4.43. The van der Waals surface area contributed by atoms with Crippen molar-refractivity contribution in [3.63, 3.8) is 0 Å². The lowest BCUT2D eigenvalue weighted by atomic mass is 10.1. The van der Waals surface area contributed by atoms with Crippen LogP contribution >= 0.6 is 0 Å². The van der Waals surface area contributed by atoms with Crippen molar-refractivity contribution in [2.75, 3.05) is 0 Å². The number of nitrogens with two attached hydrogens (primary N) is 1. The number of amides is 1. The van der Waals surface area contributed by atoms with Crippen molar-refractivity contribution in [3.8, 4) is 0 Å². The lowest BCUT2D eigenvalue weighted by Gasteiger charge is -2.09. The number of rotatable bonds is 4. The highest BCUT2D eigenvalue weighted by Crippen LogP contribution is 2.19. The second-order valence-electron chi connectivity index (χ2n) is 5.60. The van der Waals surface area contributed by atoms with Crippen LogP contribution in [0.3, 0.4) is 0 Å². The van der Waals surface area contributed by atoms with E-state index in [1.54, 1.807) is 43.3 Å². The summed E-state index contributed by atoms with van der Waals surface area (Å²) in [5.41, 5.74) is 7.57. The molecule has 0 spiro atoms. The number of aromatic nitrogens is 1. The van der Waals surface area contributed by atoms with Gasteiger partial charge in [-0.3, -0.25) is 9.78 Å². The zero-order chi connectivity index (χ0) is 18.0. The van der Waals surface area contributed by atoms with Crippen molar-refractivity contribution < 1.29 is 18.7 Å². The third-order valence-corrected chi connectivity index (χ3v) is 3.80. The monoisotopic (exact) mass is 338 g/mol. The number of carbonyl (C=O) groups excluding carboxylic acids is 2. The number of hydrogen-bond donors (Lipinski definition) is 1. The van der Waals surface area contributed by atoms with Crippen molar-refractivity contribution >= 4 is 22.8 Å². The minimum Gasteiger partial charge on any atom is -0.457 e. The topological polar surface area (TPSA) is 82.3 Å². The first-order valence-corrected chi connectivity index (χ1v) is 7.57. The number of halogens is 1. The van der Waals surface area contributed by atoms with Gasteiger partial charge < -0.3 is 10.5 Å². The molecule has 5 nitrogen and oxygen atoms in total. The molecule has 0 aliphatic carbocycles. The molecule has 0 fully saturated rings. The van der Waals surface area contributed by atoms with Crippen LogP contribution < -0.4 is 5.73 Å². The van der Waals surface area contributed by atoms with E-state index in [0.717, 1.165) is 5.56 Å². The quantitative estimate of drug-likeness (QED) is 0.741. The van der Waals surface area contributed by atoms with Crippen LogP contribution in [0.2, 0.25) is 0 Å². The Hall–Kier alpha value is -3.28. The highest BCUT2D eigenvalue weighted by atomic mass is 19.1. The van der Waals surface area contributed by atoms with Crippen LogP contribution in [-0.4, -0.2) is 16.9 Å². The summed E-state index contributed by atoms with van der Waals surface area (Å²) < 4.78 is 18.6. The van der Waals surface area contributed by atoms with E-state index in [0.29, 0.717) is 27.7 Å². The molecule has 6 heteroatoms. The van der Waals surface area contributed by atoms with Crippen LogP contribution in [0, 0.1) is 12.7 Å². The first-order chi connectivity index (χ1) is 11.9.